The molecule has 1 heterocycles. The molecular weight excluding hydrogens is 266 g/mol. The summed E-state index contributed by atoms with van der Waals surface area (Å²) in [5, 5.41) is 2.95. The number of hydrogen-bond donors (Lipinski definition) is 3. The van der Waals surface area contributed by atoms with Gasteiger partial charge in [-0.25, -0.2) is 23.1 Å². The Morgan fingerprint density at radius 2 is 2.05 bits per heavy atom. The first-order valence-electron chi connectivity index (χ1n) is 6.31. The standard InChI is InChI=1S/C11H21N5O2S/c1-3-5-10-15-9(12)8-11(16-10)13-6-7-19(17,18)14-4-2/h8,14H,3-7H2,1-2H3,(H3,12,13,15,16). The smallest absolute Gasteiger partial charge is 0.213 e. The molecule has 0 bridgehead atoms. The van der Waals surface area contributed by atoms with Crippen LogP contribution in [0.4, 0.5) is 11.6 Å². The minimum Gasteiger partial charge on any atom is -0.384 e. The van der Waals surface area contributed by atoms with Crippen molar-refractivity contribution in [3.8, 4) is 0 Å². The number of nitrogens with two attached hydrogens (primary N) is 1. The molecule has 0 radical (unpaired) electrons. The first kappa shape index (κ1) is 15.6. The molecule has 0 amide bonds. The fraction of sp³-hybridized carbons (Fsp3) is 0.636. The minimum absolute atomic E-state index is 0.00609. The van der Waals surface area contributed by atoms with E-state index >= 15 is 0 Å². The van der Waals surface area contributed by atoms with Crippen molar-refractivity contribution in [3.05, 3.63) is 11.9 Å². The van der Waals surface area contributed by atoms with Gasteiger partial charge >= 0.3 is 0 Å². The number of nitrogens with one attached hydrogen (secondary N) is 2. The van der Waals surface area contributed by atoms with Crippen LogP contribution in [0, 0.1) is 0 Å². The van der Waals surface area contributed by atoms with Crippen LogP contribution in [-0.2, 0) is 16.4 Å². The lowest BCUT2D eigenvalue weighted by atomic mass is 10.3. The summed E-state index contributed by atoms with van der Waals surface area (Å²) in [6.07, 6.45) is 1.67. The Bertz CT molecular complexity index is 504. The summed E-state index contributed by atoms with van der Waals surface area (Å²) >= 11 is 0. The van der Waals surface area contributed by atoms with Crippen molar-refractivity contribution in [3.63, 3.8) is 0 Å². The lowest BCUT2D eigenvalue weighted by Crippen LogP contribution is -2.29. The highest BCUT2D eigenvalue weighted by Gasteiger charge is 2.08. The highest BCUT2D eigenvalue weighted by atomic mass is 32.2. The fourth-order valence-electron chi connectivity index (χ4n) is 1.55. The first-order valence-corrected chi connectivity index (χ1v) is 7.96. The fourth-order valence-corrected chi connectivity index (χ4v) is 2.50. The summed E-state index contributed by atoms with van der Waals surface area (Å²) in [6, 6.07) is 1.60. The molecule has 1 aromatic rings. The van der Waals surface area contributed by atoms with Crippen LogP contribution in [0.3, 0.4) is 0 Å². The number of sulfonamides is 1. The van der Waals surface area contributed by atoms with Crippen molar-refractivity contribution < 1.29 is 8.42 Å². The molecule has 8 heteroatoms. The number of anilines is 2. The van der Waals surface area contributed by atoms with E-state index in [2.05, 4.69) is 20.0 Å². The second-order valence-corrected chi connectivity index (χ2v) is 6.01. The largest absolute Gasteiger partial charge is 0.384 e. The summed E-state index contributed by atoms with van der Waals surface area (Å²) in [7, 11) is -3.22. The van der Waals surface area contributed by atoms with E-state index in [1.807, 2.05) is 6.92 Å². The number of nitrogens with zero attached hydrogens (tertiary/aromatic N) is 2. The summed E-state index contributed by atoms with van der Waals surface area (Å²) in [5.41, 5.74) is 5.67. The van der Waals surface area contributed by atoms with Gasteiger partial charge in [0.2, 0.25) is 10.0 Å². The number of hydrogen-bond acceptors (Lipinski definition) is 6. The predicted molar refractivity (Wildman–Crippen MR) is 76.4 cm³/mol. The highest BCUT2D eigenvalue weighted by Crippen LogP contribution is 2.09. The lowest BCUT2D eigenvalue weighted by molar-refractivity contribution is 0.584. The van der Waals surface area contributed by atoms with Crippen LogP contribution in [0.15, 0.2) is 6.07 Å². The van der Waals surface area contributed by atoms with Gasteiger partial charge in [0.25, 0.3) is 0 Å². The summed E-state index contributed by atoms with van der Waals surface area (Å²) in [6.45, 7) is 4.44. The number of nitrogen functional groups attached to an aromatic ring is 1. The Hall–Kier alpha value is -1.41. The van der Waals surface area contributed by atoms with Crippen LogP contribution in [0.1, 0.15) is 26.1 Å². The molecule has 108 valence electrons. The van der Waals surface area contributed by atoms with Crippen LogP contribution in [0.25, 0.3) is 0 Å². The van der Waals surface area contributed by atoms with Crippen molar-refractivity contribution in [2.75, 3.05) is 29.9 Å². The van der Waals surface area contributed by atoms with Gasteiger partial charge in [0.1, 0.15) is 17.5 Å². The van der Waals surface area contributed by atoms with Gasteiger partial charge in [-0.3, -0.25) is 0 Å². The minimum atomic E-state index is -3.22. The molecule has 1 aromatic heterocycles. The van der Waals surface area contributed by atoms with Gasteiger partial charge in [-0.1, -0.05) is 13.8 Å². The molecule has 0 atom stereocenters. The topological polar surface area (TPSA) is 110 Å². The van der Waals surface area contributed by atoms with Gasteiger partial charge in [-0.15, -0.1) is 0 Å². The maximum atomic E-state index is 11.4. The van der Waals surface area contributed by atoms with Crippen LogP contribution >= 0.6 is 0 Å². The van der Waals surface area contributed by atoms with Crippen LogP contribution < -0.4 is 15.8 Å². The molecule has 19 heavy (non-hydrogen) atoms. The van der Waals surface area contributed by atoms with Gasteiger partial charge in [0.05, 0.1) is 5.75 Å². The zero-order valence-corrected chi connectivity index (χ0v) is 12.1. The maximum Gasteiger partial charge on any atom is 0.213 e. The van der Waals surface area contributed by atoms with Crippen molar-refractivity contribution in [1.82, 2.24) is 14.7 Å². The van der Waals surface area contributed by atoms with E-state index in [0.717, 1.165) is 12.8 Å². The van der Waals surface area contributed by atoms with Gasteiger partial charge in [-0.05, 0) is 6.42 Å². The third-order valence-electron chi connectivity index (χ3n) is 2.31. The lowest BCUT2D eigenvalue weighted by Gasteiger charge is -2.08. The quantitative estimate of drug-likeness (QED) is 0.637. The van der Waals surface area contributed by atoms with Gasteiger partial charge in [0.15, 0.2) is 0 Å². The molecule has 0 spiro atoms. The van der Waals surface area contributed by atoms with Crippen molar-refractivity contribution in [1.29, 1.82) is 0 Å². The Kier molecular flexibility index (Phi) is 5.97. The molecule has 0 aromatic carbocycles. The molecular formula is C11H21N5O2S. The Morgan fingerprint density at radius 3 is 2.68 bits per heavy atom. The Morgan fingerprint density at radius 1 is 1.32 bits per heavy atom. The van der Waals surface area contributed by atoms with Crippen molar-refractivity contribution in [2.45, 2.75) is 26.7 Å². The van der Waals surface area contributed by atoms with E-state index < -0.39 is 10.0 Å². The van der Waals surface area contributed by atoms with Crippen LogP contribution in [0.2, 0.25) is 0 Å². The van der Waals surface area contributed by atoms with Crippen LogP contribution in [-0.4, -0.2) is 37.2 Å². The van der Waals surface area contributed by atoms with Gasteiger partial charge < -0.3 is 11.1 Å². The Labute approximate surface area is 114 Å². The van der Waals surface area contributed by atoms with E-state index in [0.29, 0.717) is 24.0 Å². The average molecular weight is 287 g/mol. The molecule has 0 saturated heterocycles. The molecule has 0 aliphatic rings. The molecule has 0 unspecified atom stereocenters. The normalized spacial score (nSPS) is 11.5. The van der Waals surface area contributed by atoms with E-state index in [-0.39, 0.29) is 12.3 Å². The van der Waals surface area contributed by atoms with Gasteiger partial charge in [-0.2, -0.15) is 0 Å². The molecule has 0 fully saturated rings. The number of rotatable bonds is 8. The second-order valence-electron chi connectivity index (χ2n) is 4.09. The third kappa shape index (κ3) is 5.84. The number of aryl methyl sites for hydroxylation is 1. The molecule has 0 saturated carbocycles. The maximum absolute atomic E-state index is 11.4. The zero-order chi connectivity index (χ0) is 14.3. The van der Waals surface area contributed by atoms with E-state index in [1.165, 1.54) is 0 Å². The molecule has 7 nitrogen and oxygen atoms in total. The van der Waals surface area contributed by atoms with Crippen molar-refractivity contribution in [2.24, 2.45) is 0 Å². The summed E-state index contributed by atoms with van der Waals surface area (Å²) in [5.74, 6) is 1.60. The van der Waals surface area contributed by atoms with E-state index in [4.69, 9.17) is 5.73 Å². The number of aromatic nitrogens is 2. The Balaban J connectivity index is 2.58. The molecule has 1 rings (SSSR count). The van der Waals surface area contributed by atoms with E-state index in [9.17, 15) is 8.42 Å². The molecule has 0 aliphatic carbocycles. The first-order chi connectivity index (χ1) is 8.96. The van der Waals surface area contributed by atoms with Gasteiger partial charge in [0, 0.05) is 25.6 Å². The van der Waals surface area contributed by atoms with E-state index in [1.54, 1.807) is 13.0 Å². The summed E-state index contributed by atoms with van der Waals surface area (Å²) in [4.78, 5) is 8.38. The molecule has 4 N–H and O–H groups in total. The second kappa shape index (κ2) is 7.25. The average Bonchev–Trinajstić information content (AvgIpc) is 2.28. The predicted octanol–water partition coefficient (Wildman–Crippen LogP) is 0.363. The summed E-state index contributed by atoms with van der Waals surface area (Å²) < 4.78 is 25.3. The highest BCUT2D eigenvalue weighted by molar-refractivity contribution is 7.89. The third-order valence-corrected chi connectivity index (χ3v) is 3.78. The van der Waals surface area contributed by atoms with Crippen LogP contribution in [0.5, 0.6) is 0 Å². The SMILES string of the molecule is CCCc1nc(N)cc(NCCS(=O)(=O)NCC)n1. The monoisotopic (exact) mass is 287 g/mol. The zero-order valence-electron chi connectivity index (χ0n) is 11.3. The van der Waals surface area contributed by atoms with Crippen molar-refractivity contribution >= 4 is 21.7 Å². The molecule has 0 aliphatic heterocycles.